The smallest absolute Gasteiger partial charge is 0.251 e. The number of nitrogens with one attached hydrogen (secondary N) is 2. The molecule has 4 N–H and O–H groups in total. The largest absolute Gasteiger partial charge is 0.301 e. The Morgan fingerprint density at radius 3 is 3.00 bits per heavy atom. The molecule has 0 saturated heterocycles. The van der Waals surface area contributed by atoms with Crippen molar-refractivity contribution in [2.24, 2.45) is 5.84 Å². The van der Waals surface area contributed by atoms with E-state index in [-0.39, 0.29) is 16.7 Å². The van der Waals surface area contributed by atoms with Gasteiger partial charge in [0.05, 0.1) is 0 Å². The summed E-state index contributed by atoms with van der Waals surface area (Å²) in [4.78, 5) is 29.6. The molecular formula is C12H20N4O2S. The number of thioether (sulfide) groups is 1. The minimum Gasteiger partial charge on any atom is -0.301 e. The Kier molecular flexibility index (Phi) is 6.58. The molecule has 1 atom stereocenters. The van der Waals surface area contributed by atoms with Gasteiger partial charge in [-0.05, 0) is 12.8 Å². The van der Waals surface area contributed by atoms with Crippen molar-refractivity contribution in [3.8, 4) is 0 Å². The fraction of sp³-hybridized carbons (Fsp3) is 0.583. The zero-order valence-electron chi connectivity index (χ0n) is 11.2. The van der Waals surface area contributed by atoms with E-state index in [4.69, 9.17) is 5.84 Å². The first-order valence-electron chi connectivity index (χ1n) is 6.31. The molecule has 7 heteroatoms. The van der Waals surface area contributed by atoms with Crippen molar-refractivity contribution in [3.05, 3.63) is 22.1 Å². The molecular weight excluding hydrogens is 264 g/mol. The Bertz CT molecular complexity index is 475. The Balaban J connectivity index is 2.60. The highest BCUT2D eigenvalue weighted by molar-refractivity contribution is 7.99. The summed E-state index contributed by atoms with van der Waals surface area (Å²) >= 11 is 1.46. The highest BCUT2D eigenvalue weighted by Crippen LogP contribution is 2.22. The number of amides is 1. The van der Waals surface area contributed by atoms with Crippen molar-refractivity contribution in [3.63, 3.8) is 0 Å². The molecule has 0 radical (unpaired) electrons. The molecule has 0 aromatic carbocycles. The van der Waals surface area contributed by atoms with Gasteiger partial charge in [0, 0.05) is 23.4 Å². The number of aromatic nitrogens is 2. The van der Waals surface area contributed by atoms with Gasteiger partial charge in [-0.15, -0.1) is 0 Å². The summed E-state index contributed by atoms with van der Waals surface area (Å²) in [7, 11) is 0. The molecule has 0 aliphatic heterocycles. The van der Waals surface area contributed by atoms with Gasteiger partial charge in [0.1, 0.15) is 0 Å². The highest BCUT2D eigenvalue weighted by atomic mass is 32.2. The van der Waals surface area contributed by atoms with Crippen molar-refractivity contribution in [2.45, 2.75) is 49.9 Å². The lowest BCUT2D eigenvalue weighted by Gasteiger charge is -2.10. The number of H-pyrrole nitrogens is 1. The number of aryl methyl sites for hydroxylation is 1. The predicted octanol–water partition coefficient (Wildman–Crippen LogP) is 0.973. The Labute approximate surface area is 116 Å². The predicted molar refractivity (Wildman–Crippen MR) is 75.7 cm³/mol. The van der Waals surface area contributed by atoms with Crippen LogP contribution in [0.25, 0.3) is 0 Å². The molecule has 1 aromatic rings. The maximum absolute atomic E-state index is 11.5. The number of aromatic amines is 1. The summed E-state index contributed by atoms with van der Waals surface area (Å²) in [5, 5.41) is 0.786. The van der Waals surface area contributed by atoms with Gasteiger partial charge in [-0.1, -0.05) is 32.0 Å². The summed E-state index contributed by atoms with van der Waals surface area (Å²) in [6, 6.07) is 1.53. The first-order chi connectivity index (χ1) is 9.05. The number of rotatable bonds is 7. The van der Waals surface area contributed by atoms with E-state index in [1.54, 1.807) is 0 Å². The molecule has 1 rings (SSSR count). The molecule has 0 saturated carbocycles. The van der Waals surface area contributed by atoms with Crippen LogP contribution in [0.2, 0.25) is 0 Å². The number of carbonyl (C=O) groups is 1. The lowest BCUT2D eigenvalue weighted by Crippen LogP contribution is -2.30. The van der Waals surface area contributed by atoms with Crippen LogP contribution in [0.4, 0.5) is 0 Å². The summed E-state index contributed by atoms with van der Waals surface area (Å²) in [6.45, 7) is 4.03. The normalized spacial score (nSPS) is 12.2. The zero-order valence-corrected chi connectivity index (χ0v) is 12.0. The quantitative estimate of drug-likeness (QED) is 0.228. The maximum atomic E-state index is 11.5. The van der Waals surface area contributed by atoms with E-state index in [1.165, 1.54) is 17.8 Å². The lowest BCUT2D eigenvalue weighted by atomic mass is 10.2. The van der Waals surface area contributed by atoms with E-state index in [1.807, 2.05) is 13.8 Å². The van der Waals surface area contributed by atoms with Crippen LogP contribution in [0, 0.1) is 0 Å². The molecule has 19 heavy (non-hydrogen) atoms. The monoisotopic (exact) mass is 284 g/mol. The van der Waals surface area contributed by atoms with Gasteiger partial charge in [-0.2, -0.15) is 0 Å². The molecule has 6 nitrogen and oxygen atoms in total. The lowest BCUT2D eigenvalue weighted by molar-refractivity contribution is -0.121. The molecule has 1 unspecified atom stereocenters. The van der Waals surface area contributed by atoms with Crippen LogP contribution < -0.4 is 16.8 Å². The topological polar surface area (TPSA) is 101 Å². The van der Waals surface area contributed by atoms with Crippen LogP contribution in [0.3, 0.4) is 0 Å². The third-order valence-corrected chi connectivity index (χ3v) is 3.59. The molecule has 1 aromatic heterocycles. The molecule has 106 valence electrons. The van der Waals surface area contributed by atoms with E-state index in [2.05, 4.69) is 15.4 Å². The standard InChI is InChI=1S/C12H20N4O2S/c1-3-4-9-7-11(18)15-12(14-9)19-8(2)5-6-10(17)16-13/h7-8H,3-6,13H2,1-2H3,(H,16,17)(H,14,15,18). The second kappa shape index (κ2) is 7.96. The fourth-order valence-corrected chi connectivity index (χ4v) is 2.53. The molecule has 1 amide bonds. The minimum atomic E-state index is -0.186. The van der Waals surface area contributed by atoms with Gasteiger partial charge in [0.25, 0.3) is 5.56 Å². The van der Waals surface area contributed by atoms with Crippen LogP contribution in [0.5, 0.6) is 0 Å². The third kappa shape index (κ3) is 5.89. The van der Waals surface area contributed by atoms with Crippen LogP contribution in [-0.4, -0.2) is 21.1 Å². The van der Waals surface area contributed by atoms with E-state index in [0.717, 1.165) is 18.5 Å². The second-order valence-corrected chi connectivity index (χ2v) is 5.75. The Morgan fingerprint density at radius 2 is 2.37 bits per heavy atom. The van der Waals surface area contributed by atoms with Gasteiger partial charge < -0.3 is 4.98 Å². The molecule has 0 fully saturated rings. The van der Waals surface area contributed by atoms with Crippen molar-refractivity contribution < 1.29 is 4.79 Å². The van der Waals surface area contributed by atoms with Crippen LogP contribution >= 0.6 is 11.8 Å². The van der Waals surface area contributed by atoms with Gasteiger partial charge in [0.15, 0.2) is 5.16 Å². The first kappa shape index (κ1) is 15.7. The zero-order chi connectivity index (χ0) is 14.3. The van der Waals surface area contributed by atoms with Crippen LogP contribution in [0.15, 0.2) is 16.0 Å². The molecule has 0 aliphatic carbocycles. The summed E-state index contributed by atoms with van der Waals surface area (Å²) in [5.41, 5.74) is 2.77. The van der Waals surface area contributed by atoms with Gasteiger partial charge in [0.2, 0.25) is 5.91 Å². The fourth-order valence-electron chi connectivity index (χ4n) is 1.58. The van der Waals surface area contributed by atoms with Crippen molar-refractivity contribution in [2.75, 3.05) is 0 Å². The minimum absolute atomic E-state index is 0.132. The van der Waals surface area contributed by atoms with Crippen LogP contribution in [0.1, 0.15) is 38.8 Å². The second-order valence-electron chi connectivity index (χ2n) is 4.33. The van der Waals surface area contributed by atoms with Gasteiger partial charge >= 0.3 is 0 Å². The van der Waals surface area contributed by atoms with E-state index >= 15 is 0 Å². The number of hydrazine groups is 1. The average Bonchev–Trinajstić information content (AvgIpc) is 2.35. The molecule has 0 bridgehead atoms. The summed E-state index contributed by atoms with van der Waals surface area (Å²) in [6.07, 6.45) is 2.78. The van der Waals surface area contributed by atoms with E-state index in [9.17, 15) is 9.59 Å². The van der Waals surface area contributed by atoms with Gasteiger partial charge in [-0.25, -0.2) is 10.8 Å². The number of nitrogens with two attached hydrogens (primary N) is 1. The summed E-state index contributed by atoms with van der Waals surface area (Å²) in [5.74, 6) is 4.83. The van der Waals surface area contributed by atoms with Gasteiger partial charge in [-0.3, -0.25) is 15.0 Å². The molecule has 1 heterocycles. The third-order valence-electron chi connectivity index (χ3n) is 2.53. The number of nitrogens with zero attached hydrogens (tertiary/aromatic N) is 1. The van der Waals surface area contributed by atoms with Crippen molar-refractivity contribution in [1.82, 2.24) is 15.4 Å². The molecule has 0 spiro atoms. The SMILES string of the molecule is CCCc1cc(=O)[nH]c(SC(C)CCC(=O)NN)n1. The number of hydrogen-bond donors (Lipinski definition) is 3. The molecule has 0 aliphatic rings. The number of hydrogen-bond acceptors (Lipinski definition) is 5. The Hall–Kier alpha value is -1.34. The van der Waals surface area contributed by atoms with E-state index < -0.39 is 0 Å². The van der Waals surface area contributed by atoms with E-state index in [0.29, 0.717) is 18.0 Å². The van der Waals surface area contributed by atoms with Crippen molar-refractivity contribution >= 4 is 17.7 Å². The number of carbonyl (C=O) groups excluding carboxylic acids is 1. The van der Waals surface area contributed by atoms with Crippen molar-refractivity contribution in [1.29, 1.82) is 0 Å². The Morgan fingerprint density at radius 1 is 1.63 bits per heavy atom. The maximum Gasteiger partial charge on any atom is 0.251 e. The van der Waals surface area contributed by atoms with Crippen LogP contribution in [-0.2, 0) is 11.2 Å². The average molecular weight is 284 g/mol. The first-order valence-corrected chi connectivity index (χ1v) is 7.19. The highest BCUT2D eigenvalue weighted by Gasteiger charge is 2.10. The summed E-state index contributed by atoms with van der Waals surface area (Å²) < 4.78 is 0.